The second-order valence-electron chi connectivity index (χ2n) is 6.82. The lowest BCUT2D eigenvalue weighted by Crippen LogP contribution is -2.27. The van der Waals surface area contributed by atoms with Gasteiger partial charge in [-0.25, -0.2) is 8.42 Å². The summed E-state index contributed by atoms with van der Waals surface area (Å²) >= 11 is 0. The minimum Gasteiger partial charge on any atom is -0.346 e. The van der Waals surface area contributed by atoms with Gasteiger partial charge in [-0.3, -0.25) is 4.79 Å². The zero-order valence-electron chi connectivity index (χ0n) is 15.9. The van der Waals surface area contributed by atoms with Gasteiger partial charge in [-0.05, 0) is 54.8 Å². The van der Waals surface area contributed by atoms with Crippen LogP contribution in [0, 0.1) is 6.92 Å². The SMILES string of the molecule is Cc1ccccc1[C@H](C)NC(=O)c1cccc(CS(=O)(=O)c2ccccc2)c1. The molecule has 0 aliphatic carbocycles. The highest BCUT2D eigenvalue weighted by atomic mass is 32.2. The van der Waals surface area contributed by atoms with Gasteiger partial charge in [0.15, 0.2) is 9.84 Å². The zero-order chi connectivity index (χ0) is 20.1. The van der Waals surface area contributed by atoms with Crippen LogP contribution in [-0.2, 0) is 15.6 Å². The molecule has 4 nitrogen and oxygen atoms in total. The van der Waals surface area contributed by atoms with Crippen LogP contribution >= 0.6 is 0 Å². The van der Waals surface area contributed by atoms with Crippen molar-refractivity contribution in [2.45, 2.75) is 30.5 Å². The number of rotatable bonds is 6. The van der Waals surface area contributed by atoms with E-state index in [1.807, 2.05) is 38.1 Å². The summed E-state index contributed by atoms with van der Waals surface area (Å²) in [6.07, 6.45) is 0. The summed E-state index contributed by atoms with van der Waals surface area (Å²) in [6, 6.07) is 22.9. The Morgan fingerprint density at radius 3 is 2.32 bits per heavy atom. The van der Waals surface area contributed by atoms with Crippen LogP contribution in [0.4, 0.5) is 0 Å². The maximum absolute atomic E-state index is 12.7. The molecule has 0 aromatic heterocycles. The Balaban J connectivity index is 1.76. The van der Waals surface area contributed by atoms with Gasteiger partial charge in [0.05, 0.1) is 16.7 Å². The largest absolute Gasteiger partial charge is 0.346 e. The number of nitrogens with one attached hydrogen (secondary N) is 1. The molecule has 0 saturated heterocycles. The van der Waals surface area contributed by atoms with E-state index in [1.54, 1.807) is 54.6 Å². The molecule has 1 atom stereocenters. The first-order valence-electron chi connectivity index (χ1n) is 9.10. The number of benzene rings is 3. The third kappa shape index (κ3) is 4.67. The van der Waals surface area contributed by atoms with Crippen molar-refractivity contribution >= 4 is 15.7 Å². The predicted octanol–water partition coefficient (Wildman–Crippen LogP) is 4.46. The van der Waals surface area contributed by atoms with E-state index >= 15 is 0 Å². The number of carbonyl (C=O) groups is 1. The highest BCUT2D eigenvalue weighted by Crippen LogP contribution is 2.19. The molecule has 1 N–H and O–H groups in total. The number of aryl methyl sites for hydroxylation is 1. The standard InChI is InChI=1S/C23H23NO3S/c1-17-9-6-7-14-22(17)18(2)24-23(25)20-11-8-10-19(15-20)16-28(26,27)21-12-4-3-5-13-21/h3-15,18H,16H2,1-2H3,(H,24,25)/t18-/m0/s1. The van der Waals surface area contributed by atoms with E-state index in [0.29, 0.717) is 11.1 Å². The van der Waals surface area contributed by atoms with Crippen molar-refractivity contribution in [1.82, 2.24) is 5.32 Å². The van der Waals surface area contributed by atoms with Crippen molar-refractivity contribution in [3.8, 4) is 0 Å². The molecule has 0 aliphatic rings. The van der Waals surface area contributed by atoms with Gasteiger partial charge in [0.2, 0.25) is 0 Å². The van der Waals surface area contributed by atoms with Crippen LogP contribution in [0.1, 0.15) is 40.0 Å². The Labute approximate surface area is 166 Å². The molecule has 1 amide bonds. The molecule has 0 unspecified atom stereocenters. The van der Waals surface area contributed by atoms with Gasteiger partial charge in [-0.2, -0.15) is 0 Å². The average molecular weight is 394 g/mol. The summed E-state index contributed by atoms with van der Waals surface area (Å²) in [5, 5.41) is 2.99. The molecule has 0 heterocycles. The Morgan fingerprint density at radius 1 is 0.929 bits per heavy atom. The first-order chi connectivity index (χ1) is 13.4. The van der Waals surface area contributed by atoms with E-state index in [0.717, 1.165) is 11.1 Å². The number of hydrogen-bond acceptors (Lipinski definition) is 3. The van der Waals surface area contributed by atoms with Crippen molar-refractivity contribution in [2.75, 3.05) is 0 Å². The Bertz CT molecular complexity index is 1080. The fourth-order valence-electron chi connectivity index (χ4n) is 3.16. The third-order valence-electron chi connectivity index (χ3n) is 4.65. The summed E-state index contributed by atoms with van der Waals surface area (Å²) in [4.78, 5) is 12.9. The molecular weight excluding hydrogens is 370 g/mol. The van der Waals surface area contributed by atoms with Crippen LogP contribution in [0.3, 0.4) is 0 Å². The minimum atomic E-state index is -3.46. The zero-order valence-corrected chi connectivity index (χ0v) is 16.7. The minimum absolute atomic E-state index is 0.147. The van der Waals surface area contributed by atoms with Gasteiger partial charge in [0.25, 0.3) is 5.91 Å². The molecule has 0 aliphatic heterocycles. The lowest BCUT2D eigenvalue weighted by atomic mass is 10.0. The van der Waals surface area contributed by atoms with E-state index in [2.05, 4.69) is 5.32 Å². The molecule has 0 bridgehead atoms. The molecule has 144 valence electrons. The maximum atomic E-state index is 12.7. The van der Waals surface area contributed by atoms with Crippen LogP contribution in [0.15, 0.2) is 83.8 Å². The quantitative estimate of drug-likeness (QED) is 0.672. The molecule has 3 aromatic rings. The summed E-state index contributed by atoms with van der Waals surface area (Å²) in [5.41, 5.74) is 3.19. The normalized spacial score (nSPS) is 12.4. The van der Waals surface area contributed by atoms with Crippen molar-refractivity contribution in [2.24, 2.45) is 0 Å². The topological polar surface area (TPSA) is 63.2 Å². The van der Waals surface area contributed by atoms with E-state index in [-0.39, 0.29) is 22.6 Å². The van der Waals surface area contributed by atoms with Gasteiger partial charge < -0.3 is 5.32 Å². The summed E-state index contributed by atoms with van der Waals surface area (Å²) < 4.78 is 25.2. The van der Waals surface area contributed by atoms with Crippen molar-refractivity contribution in [3.63, 3.8) is 0 Å². The molecule has 0 radical (unpaired) electrons. The molecule has 3 rings (SSSR count). The second-order valence-corrected chi connectivity index (χ2v) is 8.81. The number of amides is 1. The van der Waals surface area contributed by atoms with E-state index < -0.39 is 9.84 Å². The van der Waals surface area contributed by atoms with Gasteiger partial charge >= 0.3 is 0 Å². The molecule has 28 heavy (non-hydrogen) atoms. The van der Waals surface area contributed by atoms with Crippen LogP contribution in [0.5, 0.6) is 0 Å². The highest BCUT2D eigenvalue weighted by molar-refractivity contribution is 7.90. The van der Waals surface area contributed by atoms with Crippen LogP contribution in [-0.4, -0.2) is 14.3 Å². The third-order valence-corrected chi connectivity index (χ3v) is 6.35. The van der Waals surface area contributed by atoms with Gasteiger partial charge in [-0.15, -0.1) is 0 Å². The van der Waals surface area contributed by atoms with Gasteiger partial charge in [-0.1, -0.05) is 54.6 Å². The lowest BCUT2D eigenvalue weighted by Gasteiger charge is -2.17. The molecule has 0 saturated carbocycles. The fraction of sp³-hybridized carbons (Fsp3) is 0.174. The van der Waals surface area contributed by atoms with E-state index in [4.69, 9.17) is 0 Å². The lowest BCUT2D eigenvalue weighted by molar-refractivity contribution is 0.0939. The Hall–Kier alpha value is -2.92. The van der Waals surface area contributed by atoms with E-state index in [9.17, 15) is 13.2 Å². The molecule has 0 spiro atoms. The smallest absolute Gasteiger partial charge is 0.251 e. The van der Waals surface area contributed by atoms with Gasteiger partial charge in [0.1, 0.15) is 0 Å². The molecular formula is C23H23NO3S. The molecule has 0 fully saturated rings. The Morgan fingerprint density at radius 2 is 1.61 bits per heavy atom. The second kappa shape index (κ2) is 8.40. The molecule has 3 aromatic carbocycles. The highest BCUT2D eigenvalue weighted by Gasteiger charge is 2.17. The maximum Gasteiger partial charge on any atom is 0.251 e. The van der Waals surface area contributed by atoms with Gasteiger partial charge in [0, 0.05) is 5.56 Å². The van der Waals surface area contributed by atoms with Crippen molar-refractivity contribution < 1.29 is 13.2 Å². The summed E-state index contributed by atoms with van der Waals surface area (Å²) in [5.74, 6) is -0.374. The Kier molecular flexibility index (Phi) is 5.95. The van der Waals surface area contributed by atoms with E-state index in [1.165, 1.54) is 0 Å². The van der Waals surface area contributed by atoms with Crippen molar-refractivity contribution in [3.05, 3.63) is 101 Å². The van der Waals surface area contributed by atoms with Crippen LogP contribution in [0.25, 0.3) is 0 Å². The summed E-state index contributed by atoms with van der Waals surface area (Å²) in [6.45, 7) is 3.94. The average Bonchev–Trinajstić information content (AvgIpc) is 2.69. The number of hydrogen-bond donors (Lipinski definition) is 1. The molecule has 5 heteroatoms. The van der Waals surface area contributed by atoms with Crippen molar-refractivity contribution in [1.29, 1.82) is 0 Å². The first kappa shape index (κ1) is 19.8. The number of carbonyl (C=O) groups excluding carboxylic acids is 1. The fourth-order valence-corrected chi connectivity index (χ4v) is 4.52. The predicted molar refractivity (Wildman–Crippen MR) is 111 cm³/mol. The number of sulfone groups is 1. The van der Waals surface area contributed by atoms with Crippen LogP contribution < -0.4 is 5.32 Å². The van der Waals surface area contributed by atoms with Crippen LogP contribution in [0.2, 0.25) is 0 Å². The first-order valence-corrected chi connectivity index (χ1v) is 10.8. The summed E-state index contributed by atoms with van der Waals surface area (Å²) in [7, 11) is -3.46. The monoisotopic (exact) mass is 393 g/mol.